The van der Waals surface area contributed by atoms with Crippen LogP contribution in [0.2, 0.25) is 0 Å². The van der Waals surface area contributed by atoms with Crippen LogP contribution < -0.4 is 0 Å². The maximum absolute atomic E-state index is 11.7. The first-order valence-electron chi connectivity index (χ1n) is 7.06. The number of pyridine rings is 1. The third-order valence-corrected chi connectivity index (χ3v) is 3.80. The van der Waals surface area contributed by atoms with Crippen LogP contribution in [0.25, 0.3) is 11.2 Å². The van der Waals surface area contributed by atoms with Crippen molar-refractivity contribution in [3.8, 4) is 0 Å². The first-order chi connectivity index (χ1) is 9.49. The molecule has 5 heteroatoms. The van der Waals surface area contributed by atoms with Crippen molar-refractivity contribution < 1.29 is 9.90 Å². The zero-order valence-corrected chi connectivity index (χ0v) is 12.0. The van der Waals surface area contributed by atoms with Gasteiger partial charge in [0, 0.05) is 12.1 Å². The molecule has 1 fully saturated rings. The zero-order valence-electron chi connectivity index (χ0n) is 12.0. The Kier molecular flexibility index (Phi) is 3.00. The summed E-state index contributed by atoms with van der Waals surface area (Å²) in [5, 5.41) is 9.58. The normalized spacial score (nSPS) is 16.8. The Morgan fingerprint density at radius 3 is 2.70 bits per heavy atom. The van der Waals surface area contributed by atoms with Crippen molar-refractivity contribution in [2.75, 3.05) is 0 Å². The van der Waals surface area contributed by atoms with Gasteiger partial charge in [-0.15, -0.1) is 0 Å². The molecule has 1 N–H and O–H groups in total. The van der Waals surface area contributed by atoms with E-state index >= 15 is 0 Å². The van der Waals surface area contributed by atoms with Gasteiger partial charge in [-0.1, -0.05) is 13.8 Å². The average Bonchev–Trinajstić information content (AvgIpc) is 3.13. The topological polar surface area (TPSA) is 68.0 Å². The molecule has 1 saturated carbocycles. The molecule has 2 heterocycles. The highest BCUT2D eigenvalue weighted by molar-refractivity contribution is 5.78. The molecular weight excluding hydrogens is 254 g/mol. The number of carboxylic acid groups (broad SMARTS) is 1. The van der Waals surface area contributed by atoms with Crippen LogP contribution in [-0.4, -0.2) is 25.6 Å². The smallest absolute Gasteiger partial charge is 0.327 e. The molecule has 1 aliphatic carbocycles. The fourth-order valence-electron chi connectivity index (χ4n) is 2.70. The summed E-state index contributed by atoms with van der Waals surface area (Å²) in [5.74, 6) is 0.457. The van der Waals surface area contributed by atoms with Crippen molar-refractivity contribution in [3.05, 3.63) is 23.7 Å². The van der Waals surface area contributed by atoms with Crippen LogP contribution in [0.4, 0.5) is 0 Å². The molecule has 106 valence electrons. The van der Waals surface area contributed by atoms with Gasteiger partial charge in [-0.2, -0.15) is 0 Å². The second kappa shape index (κ2) is 4.58. The molecule has 2 aromatic rings. The number of nitrogens with zero attached hydrogens (tertiary/aromatic N) is 3. The molecule has 0 aliphatic heterocycles. The van der Waals surface area contributed by atoms with Crippen LogP contribution in [0.1, 0.15) is 50.0 Å². The molecule has 1 unspecified atom stereocenters. The van der Waals surface area contributed by atoms with Gasteiger partial charge in [-0.05, 0) is 37.3 Å². The molecule has 1 aliphatic rings. The molecule has 3 rings (SSSR count). The Labute approximate surface area is 117 Å². The van der Waals surface area contributed by atoms with Gasteiger partial charge in [0.15, 0.2) is 5.65 Å². The fourth-order valence-corrected chi connectivity index (χ4v) is 2.70. The largest absolute Gasteiger partial charge is 0.480 e. The van der Waals surface area contributed by atoms with E-state index in [0.29, 0.717) is 11.6 Å². The van der Waals surface area contributed by atoms with E-state index in [-0.39, 0.29) is 5.92 Å². The summed E-state index contributed by atoms with van der Waals surface area (Å²) in [4.78, 5) is 20.8. The van der Waals surface area contributed by atoms with Crippen LogP contribution in [0.15, 0.2) is 12.3 Å². The maximum atomic E-state index is 11.7. The SMILES string of the molecule is Cc1cnc2c(c1)nc(C1CC1)n2C(C(=O)O)C(C)C. The third-order valence-electron chi connectivity index (χ3n) is 3.80. The molecule has 1 atom stereocenters. The Morgan fingerprint density at radius 2 is 2.15 bits per heavy atom. The molecular formula is C15H19N3O2. The zero-order chi connectivity index (χ0) is 14.4. The highest BCUT2D eigenvalue weighted by Gasteiger charge is 2.35. The minimum Gasteiger partial charge on any atom is -0.480 e. The van der Waals surface area contributed by atoms with Gasteiger partial charge in [-0.3, -0.25) is 4.57 Å². The van der Waals surface area contributed by atoms with Gasteiger partial charge in [0.05, 0.1) is 0 Å². The van der Waals surface area contributed by atoms with E-state index in [4.69, 9.17) is 0 Å². The minimum atomic E-state index is -0.816. The van der Waals surface area contributed by atoms with Crippen LogP contribution in [-0.2, 0) is 4.79 Å². The summed E-state index contributed by atoms with van der Waals surface area (Å²) in [6.45, 7) is 5.82. The van der Waals surface area contributed by atoms with Crippen molar-refractivity contribution >= 4 is 17.1 Å². The molecule has 0 bridgehead atoms. The molecule has 0 amide bonds. The van der Waals surface area contributed by atoms with Gasteiger partial charge < -0.3 is 5.11 Å². The molecule has 5 nitrogen and oxygen atoms in total. The number of hydrogen-bond acceptors (Lipinski definition) is 3. The van der Waals surface area contributed by atoms with Crippen molar-refractivity contribution in [3.63, 3.8) is 0 Å². The first-order valence-corrected chi connectivity index (χ1v) is 7.06. The second-order valence-electron chi connectivity index (χ2n) is 6.00. The van der Waals surface area contributed by atoms with E-state index in [1.807, 2.05) is 31.4 Å². The molecule has 2 aromatic heterocycles. The fraction of sp³-hybridized carbons (Fsp3) is 0.533. The standard InChI is InChI=1S/C15H19N3O2/c1-8(2)12(15(19)20)18-13(10-4-5-10)17-11-6-9(3)7-16-14(11)18/h6-8,10,12H,4-5H2,1-3H3,(H,19,20). The number of aryl methyl sites for hydroxylation is 1. The van der Waals surface area contributed by atoms with Gasteiger partial charge in [0.25, 0.3) is 0 Å². The minimum absolute atomic E-state index is 0.00879. The number of carboxylic acids is 1. The number of hydrogen-bond donors (Lipinski definition) is 1. The Balaban J connectivity index is 2.25. The predicted octanol–water partition coefficient (Wildman–Crippen LogP) is 2.90. The monoisotopic (exact) mass is 273 g/mol. The molecule has 20 heavy (non-hydrogen) atoms. The van der Waals surface area contributed by atoms with Crippen molar-refractivity contribution in [2.45, 2.75) is 45.6 Å². The highest BCUT2D eigenvalue weighted by Crippen LogP contribution is 2.42. The number of carbonyl (C=O) groups is 1. The number of aromatic nitrogens is 3. The lowest BCUT2D eigenvalue weighted by Gasteiger charge is -2.20. The van der Waals surface area contributed by atoms with E-state index in [2.05, 4.69) is 9.97 Å². The number of aliphatic carboxylic acids is 1. The Bertz CT molecular complexity index is 671. The van der Waals surface area contributed by atoms with E-state index < -0.39 is 12.0 Å². The van der Waals surface area contributed by atoms with Crippen LogP contribution in [0.5, 0.6) is 0 Å². The van der Waals surface area contributed by atoms with Gasteiger partial charge in [-0.25, -0.2) is 14.8 Å². The number of rotatable bonds is 4. The third kappa shape index (κ3) is 2.07. The van der Waals surface area contributed by atoms with Gasteiger partial charge >= 0.3 is 5.97 Å². The summed E-state index contributed by atoms with van der Waals surface area (Å²) >= 11 is 0. The van der Waals surface area contributed by atoms with E-state index in [1.54, 1.807) is 6.20 Å². The first kappa shape index (κ1) is 13.1. The van der Waals surface area contributed by atoms with Crippen molar-refractivity contribution in [1.82, 2.24) is 14.5 Å². The maximum Gasteiger partial charge on any atom is 0.327 e. The lowest BCUT2D eigenvalue weighted by atomic mass is 10.0. The summed E-state index contributed by atoms with van der Waals surface area (Å²) in [5.41, 5.74) is 2.54. The summed E-state index contributed by atoms with van der Waals surface area (Å²) in [6, 6.07) is 1.37. The highest BCUT2D eigenvalue weighted by atomic mass is 16.4. The lowest BCUT2D eigenvalue weighted by Crippen LogP contribution is -2.26. The van der Waals surface area contributed by atoms with Crippen molar-refractivity contribution in [2.24, 2.45) is 5.92 Å². The van der Waals surface area contributed by atoms with Gasteiger partial charge in [0.2, 0.25) is 0 Å². The lowest BCUT2D eigenvalue weighted by molar-refractivity contribution is -0.142. The number of fused-ring (bicyclic) bond motifs is 1. The van der Waals surface area contributed by atoms with Crippen LogP contribution in [0.3, 0.4) is 0 Å². The Morgan fingerprint density at radius 1 is 1.45 bits per heavy atom. The van der Waals surface area contributed by atoms with E-state index in [9.17, 15) is 9.90 Å². The van der Waals surface area contributed by atoms with E-state index in [1.165, 1.54) is 0 Å². The average molecular weight is 273 g/mol. The summed E-state index contributed by atoms with van der Waals surface area (Å²) < 4.78 is 1.85. The van der Waals surface area contributed by atoms with Crippen LogP contribution in [0, 0.1) is 12.8 Å². The Hall–Kier alpha value is -1.91. The van der Waals surface area contributed by atoms with Crippen LogP contribution >= 0.6 is 0 Å². The predicted molar refractivity (Wildman–Crippen MR) is 75.8 cm³/mol. The quantitative estimate of drug-likeness (QED) is 0.930. The number of imidazole rings is 1. The molecule has 0 radical (unpaired) electrons. The summed E-state index contributed by atoms with van der Waals surface area (Å²) in [6.07, 6.45) is 3.95. The molecule has 0 spiro atoms. The second-order valence-corrected chi connectivity index (χ2v) is 6.00. The van der Waals surface area contributed by atoms with Gasteiger partial charge in [0.1, 0.15) is 17.4 Å². The molecule has 0 aromatic carbocycles. The van der Waals surface area contributed by atoms with E-state index in [0.717, 1.165) is 29.7 Å². The van der Waals surface area contributed by atoms with Crippen molar-refractivity contribution in [1.29, 1.82) is 0 Å². The summed E-state index contributed by atoms with van der Waals surface area (Å²) in [7, 11) is 0. The molecule has 0 saturated heterocycles.